The van der Waals surface area contributed by atoms with E-state index in [9.17, 15) is 28.3 Å². The number of urea groups is 2. The molecule has 39 heavy (non-hydrogen) atoms. The lowest BCUT2D eigenvalue weighted by Gasteiger charge is -2.43. The highest BCUT2D eigenvalue weighted by Gasteiger charge is 2.42. The van der Waals surface area contributed by atoms with Crippen LogP contribution < -0.4 is 4.90 Å². The summed E-state index contributed by atoms with van der Waals surface area (Å²) in [5.74, 6) is -2.43. The minimum atomic E-state index is -1.29. The molecule has 1 N–H and O–H groups in total. The van der Waals surface area contributed by atoms with Gasteiger partial charge in [-0.25, -0.2) is 23.2 Å². The van der Waals surface area contributed by atoms with Gasteiger partial charge in [-0.1, -0.05) is 36.4 Å². The van der Waals surface area contributed by atoms with E-state index in [1.165, 1.54) is 19.6 Å². The molecule has 2 atom stereocenters. The summed E-state index contributed by atoms with van der Waals surface area (Å²) in [5.41, 5.74) is 1.26. The van der Waals surface area contributed by atoms with Crippen molar-refractivity contribution in [3.8, 4) is 0 Å². The Labute approximate surface area is 224 Å². The smallest absolute Gasteiger partial charge is 0.329 e. The molecule has 8 nitrogen and oxygen atoms in total. The SMILES string of the molecule is O=C(O)[C@@H]1CN(C(=O)N2CCC[C@@H]2c2cc(F)ccc2F)CCN1C(=O)N(c1ccccc1)c1ccccc1. The molecule has 0 radical (unpaired) electrons. The van der Waals surface area contributed by atoms with E-state index in [2.05, 4.69) is 0 Å². The van der Waals surface area contributed by atoms with Gasteiger partial charge in [-0.2, -0.15) is 0 Å². The third-order valence-corrected chi connectivity index (χ3v) is 7.22. The Morgan fingerprint density at radius 3 is 2.08 bits per heavy atom. The van der Waals surface area contributed by atoms with E-state index >= 15 is 0 Å². The number of nitrogens with zero attached hydrogens (tertiary/aromatic N) is 4. The number of rotatable bonds is 4. The molecular formula is C29H28F2N4O4. The van der Waals surface area contributed by atoms with Gasteiger partial charge < -0.3 is 19.8 Å². The Morgan fingerprint density at radius 2 is 1.46 bits per heavy atom. The Morgan fingerprint density at radius 1 is 0.821 bits per heavy atom. The monoisotopic (exact) mass is 534 g/mol. The van der Waals surface area contributed by atoms with Gasteiger partial charge >= 0.3 is 18.0 Å². The number of carbonyl (C=O) groups excluding carboxylic acids is 2. The molecule has 202 valence electrons. The Hall–Kier alpha value is -4.47. The van der Waals surface area contributed by atoms with Crippen LogP contribution >= 0.6 is 0 Å². The van der Waals surface area contributed by atoms with Crippen LogP contribution in [0, 0.1) is 11.6 Å². The first-order valence-corrected chi connectivity index (χ1v) is 12.8. The average Bonchev–Trinajstić information content (AvgIpc) is 3.44. The Balaban J connectivity index is 1.38. The maximum atomic E-state index is 14.5. The highest BCUT2D eigenvalue weighted by atomic mass is 19.1. The van der Waals surface area contributed by atoms with Gasteiger partial charge in [-0.15, -0.1) is 0 Å². The van der Waals surface area contributed by atoms with E-state index in [4.69, 9.17) is 0 Å². The summed E-state index contributed by atoms with van der Waals surface area (Å²) in [7, 11) is 0. The van der Waals surface area contributed by atoms with Crippen molar-refractivity contribution in [3.05, 3.63) is 96.1 Å². The van der Waals surface area contributed by atoms with Crippen LogP contribution in [0.15, 0.2) is 78.9 Å². The van der Waals surface area contributed by atoms with Crippen LogP contribution in [0.4, 0.5) is 29.7 Å². The summed E-state index contributed by atoms with van der Waals surface area (Å²) in [5, 5.41) is 10.1. The van der Waals surface area contributed by atoms with Crippen LogP contribution in [-0.2, 0) is 4.79 Å². The normalized spacial score (nSPS) is 19.2. The third-order valence-electron chi connectivity index (χ3n) is 7.22. The second-order valence-corrected chi connectivity index (χ2v) is 9.58. The number of benzene rings is 3. The van der Waals surface area contributed by atoms with Crippen LogP contribution in [0.25, 0.3) is 0 Å². The molecule has 0 aromatic heterocycles. The number of amides is 4. The minimum Gasteiger partial charge on any atom is -0.480 e. The van der Waals surface area contributed by atoms with Crippen LogP contribution in [0.2, 0.25) is 0 Å². The van der Waals surface area contributed by atoms with E-state index in [1.807, 2.05) is 12.1 Å². The number of halogens is 2. The van der Waals surface area contributed by atoms with E-state index in [1.54, 1.807) is 48.5 Å². The zero-order valence-corrected chi connectivity index (χ0v) is 21.1. The molecule has 3 aromatic rings. The van der Waals surface area contributed by atoms with Crippen molar-refractivity contribution in [2.75, 3.05) is 31.1 Å². The Bertz CT molecular complexity index is 1320. The van der Waals surface area contributed by atoms with Crippen molar-refractivity contribution >= 4 is 29.4 Å². The van der Waals surface area contributed by atoms with E-state index in [-0.39, 0.29) is 25.2 Å². The zero-order chi connectivity index (χ0) is 27.5. The fourth-order valence-electron chi connectivity index (χ4n) is 5.32. The topological polar surface area (TPSA) is 84.4 Å². The highest BCUT2D eigenvalue weighted by molar-refractivity contribution is 6.01. The van der Waals surface area contributed by atoms with Gasteiger partial charge in [0.25, 0.3) is 0 Å². The van der Waals surface area contributed by atoms with Crippen molar-refractivity contribution in [2.24, 2.45) is 0 Å². The van der Waals surface area contributed by atoms with Crippen molar-refractivity contribution in [2.45, 2.75) is 24.9 Å². The van der Waals surface area contributed by atoms with Gasteiger partial charge in [0, 0.05) is 25.2 Å². The molecule has 10 heteroatoms. The van der Waals surface area contributed by atoms with Crippen LogP contribution in [-0.4, -0.2) is 70.1 Å². The van der Waals surface area contributed by atoms with Gasteiger partial charge in [-0.05, 0) is 55.3 Å². The standard InChI is InChI=1S/C29H28F2N4O4/c30-20-13-14-24(31)23(18-20)25-12-7-15-33(25)28(38)32-16-17-34(26(19-32)27(36)37)29(39)35(21-8-3-1-4-9-21)22-10-5-2-6-11-22/h1-6,8-11,13-14,18,25-26H,7,12,15-17,19H2,(H,36,37)/t25-,26+/m1/s1. The number of carbonyl (C=O) groups is 3. The van der Waals surface area contributed by atoms with E-state index < -0.39 is 41.7 Å². The van der Waals surface area contributed by atoms with Gasteiger partial charge in [-0.3, -0.25) is 4.90 Å². The van der Waals surface area contributed by atoms with Crippen molar-refractivity contribution in [1.29, 1.82) is 0 Å². The summed E-state index contributed by atoms with van der Waals surface area (Å²) in [4.78, 5) is 45.3. The first-order chi connectivity index (χ1) is 18.8. The number of hydrogen-bond acceptors (Lipinski definition) is 3. The van der Waals surface area contributed by atoms with Gasteiger partial charge in [0.15, 0.2) is 0 Å². The van der Waals surface area contributed by atoms with Gasteiger partial charge in [0.05, 0.1) is 24.0 Å². The number of aliphatic carboxylic acids is 1. The molecule has 5 rings (SSSR count). The second-order valence-electron chi connectivity index (χ2n) is 9.58. The molecule has 2 aliphatic heterocycles. The zero-order valence-electron chi connectivity index (χ0n) is 21.1. The molecular weight excluding hydrogens is 506 g/mol. The molecule has 4 amide bonds. The van der Waals surface area contributed by atoms with E-state index in [0.717, 1.165) is 18.2 Å². The van der Waals surface area contributed by atoms with Crippen LogP contribution in [0.3, 0.4) is 0 Å². The maximum absolute atomic E-state index is 14.5. The lowest BCUT2D eigenvalue weighted by molar-refractivity contribution is -0.143. The molecule has 3 aromatic carbocycles. The molecule has 0 aliphatic carbocycles. The van der Waals surface area contributed by atoms with Crippen molar-refractivity contribution < 1.29 is 28.3 Å². The quantitative estimate of drug-likeness (QED) is 0.496. The molecule has 0 spiro atoms. The summed E-state index contributed by atoms with van der Waals surface area (Å²) < 4.78 is 28.4. The lowest BCUT2D eigenvalue weighted by Crippen LogP contribution is -2.62. The fourth-order valence-corrected chi connectivity index (χ4v) is 5.32. The highest BCUT2D eigenvalue weighted by Crippen LogP contribution is 2.35. The predicted molar refractivity (Wildman–Crippen MR) is 141 cm³/mol. The minimum absolute atomic E-state index is 0.00938. The molecule has 2 heterocycles. The molecule has 2 aliphatic rings. The molecule has 2 saturated heterocycles. The number of piperazine rings is 1. The number of para-hydroxylation sites is 2. The molecule has 0 bridgehead atoms. The molecule has 0 unspecified atom stereocenters. The van der Waals surface area contributed by atoms with Crippen LogP contribution in [0.5, 0.6) is 0 Å². The number of carboxylic acid groups (broad SMARTS) is 1. The van der Waals surface area contributed by atoms with Crippen molar-refractivity contribution in [3.63, 3.8) is 0 Å². The Kier molecular flexibility index (Phi) is 7.44. The average molecular weight is 535 g/mol. The second kappa shape index (κ2) is 11.1. The van der Waals surface area contributed by atoms with Crippen LogP contribution in [0.1, 0.15) is 24.4 Å². The molecule has 0 saturated carbocycles. The van der Waals surface area contributed by atoms with Gasteiger partial charge in [0.2, 0.25) is 0 Å². The number of anilines is 2. The third kappa shape index (κ3) is 5.27. The summed E-state index contributed by atoms with van der Waals surface area (Å²) in [6.45, 7) is 0.198. The first-order valence-electron chi connectivity index (χ1n) is 12.8. The number of carboxylic acids is 1. The predicted octanol–water partition coefficient (Wildman–Crippen LogP) is 5.25. The lowest BCUT2D eigenvalue weighted by atomic mass is 10.0. The summed E-state index contributed by atoms with van der Waals surface area (Å²) in [6.07, 6.45) is 1.08. The fraction of sp³-hybridized carbons (Fsp3) is 0.276. The summed E-state index contributed by atoms with van der Waals surface area (Å²) in [6, 6.07) is 18.1. The van der Waals surface area contributed by atoms with Crippen molar-refractivity contribution in [1.82, 2.24) is 14.7 Å². The first kappa shape index (κ1) is 26.1. The van der Waals surface area contributed by atoms with E-state index in [0.29, 0.717) is 30.8 Å². The molecule has 2 fully saturated rings. The van der Waals surface area contributed by atoms with Gasteiger partial charge in [0.1, 0.15) is 17.7 Å². The largest absolute Gasteiger partial charge is 0.480 e. The maximum Gasteiger partial charge on any atom is 0.329 e. The number of hydrogen-bond donors (Lipinski definition) is 1. The summed E-state index contributed by atoms with van der Waals surface area (Å²) >= 11 is 0. The number of likely N-dealkylation sites (tertiary alicyclic amines) is 1.